The van der Waals surface area contributed by atoms with E-state index < -0.39 is 0 Å². The van der Waals surface area contributed by atoms with Crippen LogP contribution in [-0.4, -0.2) is 95.1 Å². The number of morpholine rings is 1. The number of nitrogens with one attached hydrogen (secondary N) is 1. The SMILES string of the molecule is C[C@H]1COCCN1c1nc(O[C@H]2C[C@H](N(C)C(=O)N[C@@H]3CCOC3)C2)cc(-c2cnc(N)nc2)n1. The van der Waals surface area contributed by atoms with E-state index in [9.17, 15) is 4.79 Å². The van der Waals surface area contributed by atoms with E-state index in [0.717, 1.165) is 24.8 Å². The van der Waals surface area contributed by atoms with E-state index in [2.05, 4.69) is 27.1 Å². The third-order valence-electron chi connectivity index (χ3n) is 6.77. The van der Waals surface area contributed by atoms with E-state index in [1.165, 1.54) is 0 Å². The zero-order valence-corrected chi connectivity index (χ0v) is 20.1. The molecule has 0 bridgehead atoms. The largest absolute Gasteiger partial charge is 0.474 e. The number of nitrogens with zero attached hydrogens (tertiary/aromatic N) is 6. The number of amides is 2. The molecule has 12 nitrogen and oxygen atoms in total. The van der Waals surface area contributed by atoms with Crippen molar-refractivity contribution in [1.29, 1.82) is 0 Å². The number of carbonyl (C=O) groups excluding carboxylic acids is 1. The van der Waals surface area contributed by atoms with E-state index >= 15 is 0 Å². The zero-order chi connectivity index (χ0) is 24.4. The van der Waals surface area contributed by atoms with Crippen LogP contribution in [0.1, 0.15) is 26.2 Å². The molecule has 2 aromatic heterocycles. The lowest BCUT2D eigenvalue weighted by Gasteiger charge is -2.41. The van der Waals surface area contributed by atoms with Crippen molar-refractivity contribution in [2.24, 2.45) is 0 Å². The minimum atomic E-state index is -0.0692. The molecule has 2 amide bonds. The second-order valence-electron chi connectivity index (χ2n) is 9.32. The molecule has 5 rings (SSSR count). The molecule has 0 unspecified atom stereocenters. The van der Waals surface area contributed by atoms with Gasteiger partial charge in [0.25, 0.3) is 0 Å². The van der Waals surface area contributed by atoms with Crippen molar-refractivity contribution in [3.8, 4) is 17.1 Å². The smallest absolute Gasteiger partial charge is 0.317 e. The molecular formula is C23H32N8O4. The van der Waals surface area contributed by atoms with Gasteiger partial charge in [0.2, 0.25) is 17.8 Å². The van der Waals surface area contributed by atoms with E-state index in [0.29, 0.717) is 50.5 Å². The summed E-state index contributed by atoms with van der Waals surface area (Å²) < 4.78 is 17.2. The van der Waals surface area contributed by atoms with E-state index in [1.54, 1.807) is 23.4 Å². The molecule has 0 aromatic carbocycles. The minimum Gasteiger partial charge on any atom is -0.474 e. The van der Waals surface area contributed by atoms with Crippen LogP contribution < -0.4 is 20.7 Å². The second-order valence-corrected chi connectivity index (χ2v) is 9.32. The molecule has 1 saturated carbocycles. The van der Waals surface area contributed by atoms with Crippen molar-refractivity contribution in [3.05, 3.63) is 18.5 Å². The summed E-state index contributed by atoms with van der Waals surface area (Å²) in [5, 5.41) is 3.03. The monoisotopic (exact) mass is 484 g/mol. The first kappa shape index (κ1) is 23.5. The van der Waals surface area contributed by atoms with Gasteiger partial charge in [0.1, 0.15) is 6.10 Å². The fourth-order valence-corrected chi connectivity index (χ4v) is 4.46. The number of ether oxygens (including phenoxy) is 3. The second kappa shape index (κ2) is 10.2. The molecule has 4 heterocycles. The summed E-state index contributed by atoms with van der Waals surface area (Å²) in [6.45, 7) is 5.28. The average molecular weight is 485 g/mol. The molecule has 35 heavy (non-hydrogen) atoms. The van der Waals surface area contributed by atoms with Gasteiger partial charge in [0.15, 0.2) is 0 Å². The van der Waals surface area contributed by atoms with Gasteiger partial charge in [-0.2, -0.15) is 4.98 Å². The first-order valence-electron chi connectivity index (χ1n) is 12.1. The van der Waals surface area contributed by atoms with Crippen molar-refractivity contribution >= 4 is 17.9 Å². The summed E-state index contributed by atoms with van der Waals surface area (Å²) in [5.74, 6) is 1.27. The van der Waals surface area contributed by atoms with Crippen molar-refractivity contribution in [1.82, 2.24) is 30.2 Å². The van der Waals surface area contributed by atoms with Crippen LogP contribution in [0.3, 0.4) is 0 Å². The molecular weight excluding hydrogens is 452 g/mol. The maximum Gasteiger partial charge on any atom is 0.317 e. The lowest BCUT2D eigenvalue weighted by molar-refractivity contribution is 0.0398. The predicted octanol–water partition coefficient (Wildman–Crippen LogP) is 1.08. The quantitative estimate of drug-likeness (QED) is 0.612. The first-order valence-corrected chi connectivity index (χ1v) is 12.1. The van der Waals surface area contributed by atoms with Crippen LogP contribution in [0.5, 0.6) is 5.88 Å². The molecule has 2 saturated heterocycles. The highest BCUT2D eigenvalue weighted by molar-refractivity contribution is 5.74. The Labute approximate surface area is 204 Å². The normalized spacial score (nSPS) is 26.2. The molecule has 3 aliphatic rings. The van der Waals surface area contributed by atoms with Gasteiger partial charge in [-0.1, -0.05) is 0 Å². The highest BCUT2D eigenvalue weighted by Gasteiger charge is 2.37. The molecule has 3 N–H and O–H groups in total. The average Bonchev–Trinajstić information content (AvgIpc) is 3.34. The topological polar surface area (TPSA) is 141 Å². The summed E-state index contributed by atoms with van der Waals surface area (Å²) >= 11 is 0. The van der Waals surface area contributed by atoms with E-state index in [4.69, 9.17) is 29.9 Å². The summed E-state index contributed by atoms with van der Waals surface area (Å²) in [4.78, 5) is 34.1. The Kier molecular flexibility index (Phi) is 6.82. The standard InChI is InChI=1S/C23H32N8O4/c1-14-12-34-6-4-31(14)22-28-19(15-10-25-21(24)26-11-15)9-20(29-22)35-18-7-17(8-18)30(2)23(32)27-16-3-5-33-13-16/h9-11,14,16-18H,3-8,12-13H2,1-2H3,(H,27,32)(H2,24,25,26)/t14-,16+,17-,18-/m0/s1. The predicted molar refractivity (Wildman–Crippen MR) is 128 cm³/mol. The summed E-state index contributed by atoms with van der Waals surface area (Å²) in [5.41, 5.74) is 7.05. The van der Waals surface area contributed by atoms with Crippen LogP contribution in [0.4, 0.5) is 16.7 Å². The molecule has 2 aromatic rings. The zero-order valence-electron chi connectivity index (χ0n) is 20.1. The molecule has 12 heteroatoms. The van der Waals surface area contributed by atoms with Gasteiger partial charge in [-0.25, -0.2) is 19.7 Å². The fourth-order valence-electron chi connectivity index (χ4n) is 4.46. The Balaban J connectivity index is 1.27. The number of anilines is 2. The molecule has 1 aliphatic carbocycles. The Bertz CT molecular complexity index is 1030. The summed E-state index contributed by atoms with van der Waals surface area (Å²) in [7, 11) is 1.83. The number of rotatable bonds is 6. The minimum absolute atomic E-state index is 0.0366. The van der Waals surface area contributed by atoms with Gasteiger partial charge in [-0.3, -0.25) is 0 Å². The molecule has 0 radical (unpaired) electrons. The number of aromatic nitrogens is 4. The third kappa shape index (κ3) is 5.38. The van der Waals surface area contributed by atoms with Gasteiger partial charge in [-0.15, -0.1) is 0 Å². The molecule has 188 valence electrons. The Morgan fingerprint density at radius 2 is 1.97 bits per heavy atom. The highest BCUT2D eigenvalue weighted by atomic mass is 16.5. The summed E-state index contributed by atoms with van der Waals surface area (Å²) in [6.07, 6.45) is 5.57. The van der Waals surface area contributed by atoms with E-state index in [-0.39, 0.29) is 36.2 Å². The van der Waals surface area contributed by atoms with Gasteiger partial charge in [0, 0.05) is 63.1 Å². The Morgan fingerprint density at radius 1 is 1.20 bits per heavy atom. The van der Waals surface area contributed by atoms with E-state index in [1.807, 2.05) is 7.05 Å². The Hall–Kier alpha value is -3.25. The van der Waals surface area contributed by atoms with Gasteiger partial charge in [0.05, 0.1) is 37.6 Å². The highest BCUT2D eigenvalue weighted by Crippen LogP contribution is 2.31. The maximum absolute atomic E-state index is 12.5. The van der Waals surface area contributed by atoms with Gasteiger partial charge in [-0.05, 0) is 13.3 Å². The number of urea groups is 1. The summed E-state index contributed by atoms with van der Waals surface area (Å²) in [6, 6.07) is 2.08. The number of carbonyl (C=O) groups is 1. The number of hydrogen-bond donors (Lipinski definition) is 2. The van der Waals surface area contributed by atoms with Gasteiger partial charge >= 0.3 is 6.03 Å². The number of hydrogen-bond acceptors (Lipinski definition) is 10. The molecule has 3 fully saturated rings. The van der Waals surface area contributed by atoms with Crippen molar-refractivity contribution in [2.45, 2.75) is 50.4 Å². The van der Waals surface area contributed by atoms with Crippen molar-refractivity contribution in [3.63, 3.8) is 0 Å². The first-order chi connectivity index (χ1) is 17.0. The van der Waals surface area contributed by atoms with Crippen molar-refractivity contribution in [2.75, 3.05) is 50.7 Å². The van der Waals surface area contributed by atoms with Crippen LogP contribution in [0.15, 0.2) is 18.5 Å². The number of nitrogen functional groups attached to an aromatic ring is 1. The van der Waals surface area contributed by atoms with Crippen LogP contribution in [0.25, 0.3) is 11.3 Å². The molecule has 2 aliphatic heterocycles. The van der Waals surface area contributed by atoms with Crippen LogP contribution in [0.2, 0.25) is 0 Å². The van der Waals surface area contributed by atoms with Crippen LogP contribution >= 0.6 is 0 Å². The van der Waals surface area contributed by atoms with Crippen LogP contribution in [0, 0.1) is 0 Å². The maximum atomic E-state index is 12.5. The Morgan fingerprint density at radius 3 is 2.69 bits per heavy atom. The lowest BCUT2D eigenvalue weighted by Crippen LogP contribution is -2.54. The third-order valence-corrected chi connectivity index (χ3v) is 6.77. The van der Waals surface area contributed by atoms with Gasteiger partial charge < -0.3 is 35.1 Å². The van der Waals surface area contributed by atoms with Crippen LogP contribution in [-0.2, 0) is 9.47 Å². The molecule has 0 spiro atoms. The molecule has 2 atom stereocenters. The fraction of sp³-hybridized carbons (Fsp3) is 0.609. The van der Waals surface area contributed by atoms with Crippen molar-refractivity contribution < 1.29 is 19.0 Å². The lowest BCUT2D eigenvalue weighted by atomic mass is 9.88. The number of nitrogens with two attached hydrogens (primary N) is 1.